The van der Waals surface area contributed by atoms with Crippen LogP contribution < -0.4 is 5.32 Å². The van der Waals surface area contributed by atoms with Crippen molar-refractivity contribution in [3.05, 3.63) is 36.0 Å². The van der Waals surface area contributed by atoms with E-state index in [4.69, 9.17) is 0 Å². The Kier molecular flexibility index (Phi) is 3.27. The van der Waals surface area contributed by atoms with Gasteiger partial charge in [0, 0.05) is 0 Å². The lowest BCUT2D eigenvalue weighted by molar-refractivity contribution is 0.347. The molecule has 0 fully saturated rings. The van der Waals surface area contributed by atoms with Gasteiger partial charge in [-0.1, -0.05) is 11.3 Å². The second kappa shape index (κ2) is 4.72. The third kappa shape index (κ3) is 3.03. The number of hydrogen-bond donors (Lipinski definition) is 1. The predicted molar refractivity (Wildman–Crippen MR) is 66.5 cm³/mol. The van der Waals surface area contributed by atoms with E-state index < -0.39 is 5.95 Å². The van der Waals surface area contributed by atoms with Crippen LogP contribution in [0.15, 0.2) is 24.4 Å². The molecule has 1 N–H and O–H groups in total. The standard InChI is InChI=1S/C12H16FN5/c1-12(2,3)18-8-9(16-17-18)7-14-11-6-4-5-10(13)15-11/h4-6,8H,7H2,1-3H3,(H,14,15). The lowest BCUT2D eigenvalue weighted by atomic mass is 10.1. The molecule has 0 saturated heterocycles. The van der Waals surface area contributed by atoms with Gasteiger partial charge in [0.2, 0.25) is 5.95 Å². The molecule has 0 aliphatic heterocycles. The van der Waals surface area contributed by atoms with Crippen LogP contribution >= 0.6 is 0 Å². The second-order valence-corrected chi connectivity index (χ2v) is 5.02. The number of nitrogens with one attached hydrogen (secondary N) is 1. The molecule has 6 heteroatoms. The number of halogens is 1. The van der Waals surface area contributed by atoms with E-state index in [2.05, 4.69) is 20.6 Å². The molecule has 0 amide bonds. The van der Waals surface area contributed by atoms with Crippen LogP contribution in [0.25, 0.3) is 0 Å². The molecule has 0 bridgehead atoms. The molecule has 0 aliphatic carbocycles. The second-order valence-electron chi connectivity index (χ2n) is 5.02. The zero-order chi connectivity index (χ0) is 13.2. The first-order valence-electron chi connectivity index (χ1n) is 5.73. The van der Waals surface area contributed by atoms with Crippen LogP contribution in [0.2, 0.25) is 0 Å². The molecule has 18 heavy (non-hydrogen) atoms. The van der Waals surface area contributed by atoms with Gasteiger partial charge in [-0.3, -0.25) is 0 Å². The van der Waals surface area contributed by atoms with Gasteiger partial charge < -0.3 is 5.32 Å². The van der Waals surface area contributed by atoms with Crippen LogP contribution in [0.1, 0.15) is 26.5 Å². The van der Waals surface area contributed by atoms with Crippen LogP contribution in [-0.4, -0.2) is 20.0 Å². The van der Waals surface area contributed by atoms with Crippen LogP contribution in [0.3, 0.4) is 0 Å². The lowest BCUT2D eigenvalue weighted by Crippen LogP contribution is -2.22. The van der Waals surface area contributed by atoms with Gasteiger partial charge in [-0.2, -0.15) is 4.39 Å². The Morgan fingerprint density at radius 1 is 1.33 bits per heavy atom. The van der Waals surface area contributed by atoms with Gasteiger partial charge in [-0.25, -0.2) is 9.67 Å². The smallest absolute Gasteiger partial charge is 0.214 e. The summed E-state index contributed by atoms with van der Waals surface area (Å²) in [5, 5.41) is 11.1. The van der Waals surface area contributed by atoms with Crippen molar-refractivity contribution in [3.63, 3.8) is 0 Å². The highest BCUT2D eigenvalue weighted by molar-refractivity contribution is 5.33. The van der Waals surface area contributed by atoms with Crippen LogP contribution in [0.4, 0.5) is 10.2 Å². The molecular weight excluding hydrogens is 233 g/mol. The molecule has 0 saturated carbocycles. The summed E-state index contributed by atoms with van der Waals surface area (Å²) in [5.74, 6) is -0.0151. The summed E-state index contributed by atoms with van der Waals surface area (Å²) in [7, 11) is 0. The number of pyridine rings is 1. The molecule has 0 aromatic carbocycles. The summed E-state index contributed by atoms with van der Waals surface area (Å²) < 4.78 is 14.7. The van der Waals surface area contributed by atoms with Gasteiger partial charge in [-0.05, 0) is 32.9 Å². The maximum atomic E-state index is 12.9. The van der Waals surface area contributed by atoms with Crippen molar-refractivity contribution in [1.29, 1.82) is 0 Å². The Bertz CT molecular complexity index is 529. The fourth-order valence-electron chi connectivity index (χ4n) is 1.40. The number of rotatable bonds is 3. The summed E-state index contributed by atoms with van der Waals surface area (Å²) in [5.41, 5.74) is 0.693. The van der Waals surface area contributed by atoms with Gasteiger partial charge >= 0.3 is 0 Å². The summed E-state index contributed by atoms with van der Waals surface area (Å²) in [4.78, 5) is 3.71. The van der Waals surface area contributed by atoms with E-state index in [-0.39, 0.29) is 5.54 Å². The van der Waals surface area contributed by atoms with Gasteiger partial charge in [-0.15, -0.1) is 5.10 Å². The minimum absolute atomic E-state index is 0.0949. The Morgan fingerprint density at radius 3 is 2.72 bits per heavy atom. The first-order valence-corrected chi connectivity index (χ1v) is 5.73. The van der Waals surface area contributed by atoms with Crippen molar-refractivity contribution in [2.45, 2.75) is 32.9 Å². The Balaban J connectivity index is 2.01. The highest BCUT2D eigenvalue weighted by Gasteiger charge is 2.14. The van der Waals surface area contributed by atoms with Crippen LogP contribution in [0.5, 0.6) is 0 Å². The first-order chi connectivity index (χ1) is 8.45. The highest BCUT2D eigenvalue weighted by Crippen LogP contribution is 2.12. The fraction of sp³-hybridized carbons (Fsp3) is 0.417. The van der Waals surface area contributed by atoms with Crippen molar-refractivity contribution in [3.8, 4) is 0 Å². The van der Waals surface area contributed by atoms with Gasteiger partial charge in [0.1, 0.15) is 11.5 Å². The molecule has 0 unspecified atom stereocenters. The minimum Gasteiger partial charge on any atom is -0.364 e. The molecule has 2 aromatic rings. The summed E-state index contributed by atoms with van der Waals surface area (Å²) in [6.07, 6.45) is 1.87. The summed E-state index contributed by atoms with van der Waals surface area (Å²) in [6, 6.07) is 4.62. The fourth-order valence-corrected chi connectivity index (χ4v) is 1.40. The van der Waals surface area contributed by atoms with E-state index in [1.807, 2.05) is 27.0 Å². The quantitative estimate of drug-likeness (QED) is 0.847. The zero-order valence-corrected chi connectivity index (χ0v) is 10.7. The average molecular weight is 249 g/mol. The third-order valence-electron chi connectivity index (χ3n) is 2.39. The molecule has 5 nitrogen and oxygen atoms in total. The Labute approximate surface area is 105 Å². The van der Waals surface area contributed by atoms with E-state index in [0.29, 0.717) is 12.4 Å². The van der Waals surface area contributed by atoms with Crippen molar-refractivity contribution >= 4 is 5.82 Å². The molecule has 0 spiro atoms. The van der Waals surface area contributed by atoms with Crippen molar-refractivity contribution < 1.29 is 4.39 Å². The predicted octanol–water partition coefficient (Wildman–Crippen LogP) is 2.18. The SMILES string of the molecule is CC(C)(C)n1cc(CNc2cccc(F)n2)nn1. The van der Waals surface area contributed by atoms with E-state index in [0.717, 1.165) is 5.69 Å². The van der Waals surface area contributed by atoms with Crippen molar-refractivity contribution in [1.82, 2.24) is 20.0 Å². The van der Waals surface area contributed by atoms with Crippen molar-refractivity contribution in [2.75, 3.05) is 5.32 Å². The van der Waals surface area contributed by atoms with Gasteiger partial charge in [0.25, 0.3) is 0 Å². The molecule has 2 aromatic heterocycles. The maximum Gasteiger partial charge on any atom is 0.214 e. The lowest BCUT2D eigenvalue weighted by Gasteiger charge is -2.17. The van der Waals surface area contributed by atoms with Crippen LogP contribution in [-0.2, 0) is 12.1 Å². The molecule has 96 valence electrons. The van der Waals surface area contributed by atoms with E-state index >= 15 is 0 Å². The van der Waals surface area contributed by atoms with E-state index in [1.165, 1.54) is 6.07 Å². The Morgan fingerprint density at radius 2 is 2.11 bits per heavy atom. The van der Waals surface area contributed by atoms with E-state index in [1.54, 1.807) is 16.8 Å². The minimum atomic E-state index is -0.502. The van der Waals surface area contributed by atoms with Crippen LogP contribution in [0, 0.1) is 5.95 Å². The molecule has 2 heterocycles. The molecule has 0 aliphatic rings. The van der Waals surface area contributed by atoms with Gasteiger partial charge in [0.05, 0.1) is 18.3 Å². The van der Waals surface area contributed by atoms with Gasteiger partial charge in [0.15, 0.2) is 0 Å². The number of nitrogens with zero attached hydrogens (tertiary/aromatic N) is 4. The molecular formula is C12H16FN5. The normalized spacial score (nSPS) is 11.6. The molecule has 0 radical (unpaired) electrons. The van der Waals surface area contributed by atoms with Crippen molar-refractivity contribution in [2.24, 2.45) is 0 Å². The average Bonchev–Trinajstić information content (AvgIpc) is 2.74. The number of aromatic nitrogens is 4. The summed E-state index contributed by atoms with van der Waals surface area (Å²) in [6.45, 7) is 6.61. The number of anilines is 1. The first kappa shape index (κ1) is 12.5. The molecule has 0 atom stereocenters. The maximum absolute atomic E-state index is 12.9. The molecule has 2 rings (SSSR count). The monoisotopic (exact) mass is 249 g/mol. The van der Waals surface area contributed by atoms with E-state index in [9.17, 15) is 4.39 Å². The zero-order valence-electron chi connectivity index (χ0n) is 10.7. The Hall–Kier alpha value is -1.98. The highest BCUT2D eigenvalue weighted by atomic mass is 19.1. The largest absolute Gasteiger partial charge is 0.364 e. The number of hydrogen-bond acceptors (Lipinski definition) is 4. The third-order valence-corrected chi connectivity index (χ3v) is 2.39. The topological polar surface area (TPSA) is 55.6 Å². The summed E-state index contributed by atoms with van der Waals surface area (Å²) >= 11 is 0.